The van der Waals surface area contributed by atoms with Gasteiger partial charge in [-0.3, -0.25) is 18.8 Å². The molecule has 5 aromatic rings. The first-order valence-corrected chi connectivity index (χ1v) is 12.7. The zero-order chi connectivity index (χ0) is 28.9. The number of nitrogens with one attached hydrogen (secondary N) is 1. The number of methoxy groups -OCH3 is 1. The monoisotopic (exact) mass is 538 g/mol. The van der Waals surface area contributed by atoms with Gasteiger partial charge in [-0.2, -0.15) is 5.10 Å². The normalized spacial score (nSPS) is 11.7. The number of carbonyl (C=O) groups is 3. The number of fused-ring (bicyclic) bond motifs is 2. The van der Waals surface area contributed by atoms with Crippen LogP contribution in [0.25, 0.3) is 32.9 Å². The second-order valence-corrected chi connectivity index (χ2v) is 10.8. The number of benzene rings is 3. The maximum Gasteiger partial charge on any atom is 0.336 e. The largest absolute Gasteiger partial charge is 0.497 e. The van der Waals surface area contributed by atoms with E-state index in [1.807, 2.05) is 46.0 Å². The lowest BCUT2D eigenvalue weighted by Gasteiger charge is -2.26. The van der Waals surface area contributed by atoms with Gasteiger partial charge in [0.05, 0.1) is 35.5 Å². The molecule has 0 aliphatic carbocycles. The molecule has 9 nitrogen and oxygen atoms in total. The van der Waals surface area contributed by atoms with Crippen molar-refractivity contribution in [2.75, 3.05) is 12.4 Å². The number of nitrogens with zero attached hydrogens (tertiary/aromatic N) is 3. The third-order valence-corrected chi connectivity index (χ3v) is 7.04. The quantitative estimate of drug-likeness (QED) is 0.279. The predicted molar refractivity (Wildman–Crippen MR) is 155 cm³/mol. The molecule has 9 heteroatoms. The topological polar surface area (TPSA) is 115 Å². The van der Waals surface area contributed by atoms with Crippen molar-refractivity contribution in [2.45, 2.75) is 33.1 Å². The first-order chi connectivity index (χ1) is 18.9. The van der Waals surface area contributed by atoms with Gasteiger partial charge in [-0.05, 0) is 64.6 Å². The average Bonchev–Trinajstić information content (AvgIpc) is 3.47. The Morgan fingerprint density at radius 1 is 0.950 bits per heavy atom. The van der Waals surface area contributed by atoms with E-state index < -0.39 is 17.3 Å². The van der Waals surface area contributed by atoms with Gasteiger partial charge in [-0.15, -0.1) is 0 Å². The van der Waals surface area contributed by atoms with Gasteiger partial charge in [0.15, 0.2) is 0 Å². The van der Waals surface area contributed by atoms with E-state index in [2.05, 4.69) is 10.4 Å². The number of aromatic nitrogens is 3. The standard InChI is InChI=1S/C31H30N4O5/c1-17(36)35-16-24(22-14-21(40-6)8-10-27(22)35)29(37)33-25-13-19(12-23(30(38)39)28(25)31(2,3)4)18-7-9-26-20(11-18)15-32-34(26)5/h7-16H,1-6H3,(H,33,37)(H,38,39). The Morgan fingerprint density at radius 2 is 1.68 bits per heavy atom. The number of anilines is 1. The summed E-state index contributed by atoms with van der Waals surface area (Å²) in [6, 6.07) is 14.4. The van der Waals surface area contributed by atoms with E-state index in [0.29, 0.717) is 33.5 Å². The number of carboxylic acids is 1. The number of rotatable bonds is 5. The first-order valence-electron chi connectivity index (χ1n) is 12.7. The first kappa shape index (κ1) is 26.7. The molecule has 0 unspecified atom stereocenters. The molecule has 2 aromatic heterocycles. The Labute approximate surface area is 231 Å². The maximum absolute atomic E-state index is 13.8. The van der Waals surface area contributed by atoms with Crippen LogP contribution in [0.15, 0.2) is 60.9 Å². The molecule has 0 aliphatic rings. The zero-order valence-electron chi connectivity index (χ0n) is 23.2. The molecule has 0 bridgehead atoms. The molecular formula is C31H30N4O5. The predicted octanol–water partition coefficient (Wildman–Crippen LogP) is 6.11. The number of ether oxygens (including phenoxy) is 1. The molecule has 0 saturated carbocycles. The molecular weight excluding hydrogens is 508 g/mol. The fourth-order valence-electron chi connectivity index (χ4n) is 5.19. The van der Waals surface area contributed by atoms with Crippen LogP contribution in [0.4, 0.5) is 5.69 Å². The van der Waals surface area contributed by atoms with Crippen LogP contribution in [-0.2, 0) is 12.5 Å². The van der Waals surface area contributed by atoms with Crippen molar-refractivity contribution < 1.29 is 24.2 Å². The summed E-state index contributed by atoms with van der Waals surface area (Å²) < 4.78 is 8.53. The highest BCUT2D eigenvalue weighted by atomic mass is 16.5. The van der Waals surface area contributed by atoms with E-state index in [-0.39, 0.29) is 17.0 Å². The molecule has 0 saturated heterocycles. The van der Waals surface area contributed by atoms with Gasteiger partial charge in [0.2, 0.25) is 5.91 Å². The van der Waals surface area contributed by atoms with Crippen LogP contribution in [0.2, 0.25) is 0 Å². The fraction of sp³-hybridized carbons (Fsp3) is 0.226. The van der Waals surface area contributed by atoms with Crippen molar-refractivity contribution in [3.63, 3.8) is 0 Å². The second-order valence-electron chi connectivity index (χ2n) is 10.8. The van der Waals surface area contributed by atoms with Gasteiger partial charge in [0.1, 0.15) is 5.75 Å². The van der Waals surface area contributed by atoms with Gasteiger partial charge in [-0.1, -0.05) is 26.8 Å². The highest BCUT2D eigenvalue weighted by Gasteiger charge is 2.28. The number of aromatic carboxylic acids is 1. The second kappa shape index (κ2) is 9.68. The lowest BCUT2D eigenvalue weighted by atomic mass is 9.81. The van der Waals surface area contributed by atoms with Crippen LogP contribution in [0.1, 0.15) is 58.8 Å². The third-order valence-electron chi connectivity index (χ3n) is 7.04. The van der Waals surface area contributed by atoms with Gasteiger partial charge in [0.25, 0.3) is 5.91 Å². The van der Waals surface area contributed by atoms with Crippen molar-refractivity contribution in [1.82, 2.24) is 14.3 Å². The van der Waals surface area contributed by atoms with E-state index >= 15 is 0 Å². The van der Waals surface area contributed by atoms with E-state index in [1.54, 1.807) is 41.2 Å². The smallest absolute Gasteiger partial charge is 0.336 e. The maximum atomic E-state index is 13.8. The highest BCUT2D eigenvalue weighted by molar-refractivity contribution is 6.15. The van der Waals surface area contributed by atoms with Crippen LogP contribution in [0, 0.1) is 0 Å². The van der Waals surface area contributed by atoms with Crippen molar-refractivity contribution in [3.8, 4) is 16.9 Å². The molecule has 2 heterocycles. The van der Waals surface area contributed by atoms with Crippen LogP contribution < -0.4 is 10.1 Å². The minimum absolute atomic E-state index is 0.0967. The SMILES string of the molecule is COc1ccc2c(c1)c(C(=O)Nc1cc(-c3ccc4c(cnn4C)c3)cc(C(=O)O)c1C(C)(C)C)cn2C(C)=O. The lowest BCUT2D eigenvalue weighted by molar-refractivity contribution is 0.0693. The molecule has 0 atom stereocenters. The zero-order valence-corrected chi connectivity index (χ0v) is 23.2. The Balaban J connectivity index is 1.69. The minimum atomic E-state index is -1.09. The molecule has 0 fully saturated rings. The molecule has 204 valence electrons. The molecule has 0 aliphatic heterocycles. The molecule has 3 aromatic carbocycles. The Morgan fingerprint density at radius 3 is 2.33 bits per heavy atom. The number of carbonyl (C=O) groups excluding carboxylic acids is 2. The number of hydrogen-bond donors (Lipinski definition) is 2. The van der Waals surface area contributed by atoms with Crippen molar-refractivity contribution in [1.29, 1.82) is 0 Å². The third kappa shape index (κ3) is 4.59. The summed E-state index contributed by atoms with van der Waals surface area (Å²) >= 11 is 0. The van der Waals surface area contributed by atoms with Gasteiger partial charge < -0.3 is 15.2 Å². The van der Waals surface area contributed by atoms with Crippen molar-refractivity contribution >= 4 is 45.3 Å². The van der Waals surface area contributed by atoms with E-state index in [0.717, 1.165) is 16.5 Å². The summed E-state index contributed by atoms with van der Waals surface area (Å²) in [7, 11) is 3.38. The number of aryl methyl sites for hydroxylation is 1. The van der Waals surface area contributed by atoms with E-state index in [1.165, 1.54) is 24.8 Å². The summed E-state index contributed by atoms with van der Waals surface area (Å²) in [6.45, 7) is 7.12. The van der Waals surface area contributed by atoms with Gasteiger partial charge >= 0.3 is 5.97 Å². The number of hydrogen-bond acceptors (Lipinski definition) is 5. The Bertz CT molecular complexity index is 1840. The molecule has 5 rings (SSSR count). The molecule has 2 N–H and O–H groups in total. The van der Waals surface area contributed by atoms with E-state index in [4.69, 9.17) is 4.74 Å². The molecule has 0 spiro atoms. The Kier molecular flexibility index (Phi) is 6.45. The lowest BCUT2D eigenvalue weighted by Crippen LogP contribution is -2.22. The molecule has 1 amide bonds. The Hall–Kier alpha value is -4.92. The number of carboxylic acid groups (broad SMARTS) is 1. The van der Waals surface area contributed by atoms with Crippen molar-refractivity contribution in [2.24, 2.45) is 7.05 Å². The summed E-state index contributed by atoms with van der Waals surface area (Å²) in [4.78, 5) is 38.7. The number of amides is 1. The molecule has 40 heavy (non-hydrogen) atoms. The highest BCUT2D eigenvalue weighted by Crippen LogP contribution is 2.38. The van der Waals surface area contributed by atoms with Crippen molar-refractivity contribution in [3.05, 3.63) is 77.6 Å². The van der Waals surface area contributed by atoms with Crippen LogP contribution in [0.5, 0.6) is 5.75 Å². The summed E-state index contributed by atoms with van der Waals surface area (Å²) in [6.07, 6.45) is 3.25. The van der Waals surface area contributed by atoms with Crippen LogP contribution in [-0.4, -0.2) is 44.3 Å². The van der Waals surface area contributed by atoms with Gasteiger partial charge in [-0.25, -0.2) is 4.79 Å². The van der Waals surface area contributed by atoms with E-state index in [9.17, 15) is 19.5 Å². The van der Waals surface area contributed by atoms with Crippen LogP contribution >= 0.6 is 0 Å². The van der Waals surface area contributed by atoms with Crippen LogP contribution in [0.3, 0.4) is 0 Å². The average molecular weight is 539 g/mol. The fourth-order valence-corrected chi connectivity index (χ4v) is 5.19. The minimum Gasteiger partial charge on any atom is -0.497 e. The van der Waals surface area contributed by atoms with Gasteiger partial charge in [0, 0.05) is 36.6 Å². The summed E-state index contributed by atoms with van der Waals surface area (Å²) in [5, 5.41) is 19.0. The summed E-state index contributed by atoms with van der Waals surface area (Å²) in [5.41, 5.74) is 3.56. The summed E-state index contributed by atoms with van der Waals surface area (Å²) in [5.74, 6) is -1.27. The molecule has 0 radical (unpaired) electrons.